The maximum Gasteiger partial charge on any atom is 0.286 e. The number of benzene rings is 1. The van der Waals surface area contributed by atoms with Crippen LogP contribution < -0.4 is 0 Å². The number of aromatic nitrogens is 1. The Hall–Kier alpha value is -1.96. The maximum absolute atomic E-state index is 13.0. The number of carbonyl (C=O) groups excluding carboxylic acids is 1. The fourth-order valence-electron chi connectivity index (χ4n) is 4.87. The standard InChI is InChI=1S/C22H23B3ClN3O2S/c23-22(24,25)17(13-5-6-16(26)27-11-13)18-19(30)28-20(32-18)29-9-7-21(8-10-29)15-4-2-1-3-14(15)12-31-21/h1-6,11H,7-10,12,23-25H2/b18-17+. The smallest absolute Gasteiger partial charge is 0.286 e. The molecule has 0 saturated carbocycles. The number of halogens is 1. The summed E-state index contributed by atoms with van der Waals surface area (Å²) in [5.41, 5.74) is 4.27. The minimum absolute atomic E-state index is 0.173. The highest BCUT2D eigenvalue weighted by atomic mass is 35.5. The largest absolute Gasteiger partial charge is 0.365 e. The van der Waals surface area contributed by atoms with Crippen molar-refractivity contribution in [3.63, 3.8) is 0 Å². The minimum Gasteiger partial charge on any atom is -0.365 e. The number of hydrogen-bond donors (Lipinski definition) is 0. The molecule has 0 radical (unpaired) electrons. The van der Waals surface area contributed by atoms with Crippen molar-refractivity contribution in [1.82, 2.24) is 9.88 Å². The number of ether oxygens (including phenoxy) is 1. The summed E-state index contributed by atoms with van der Waals surface area (Å²) in [4.78, 5) is 24.6. The molecule has 0 unspecified atom stereocenters. The van der Waals surface area contributed by atoms with Crippen LogP contribution in [0.1, 0.15) is 29.5 Å². The molecule has 32 heavy (non-hydrogen) atoms. The normalized spacial score (nSPS) is 21.6. The fourth-order valence-corrected chi connectivity index (χ4v) is 6.27. The molecular weight excluding hydrogens is 438 g/mol. The molecule has 1 saturated heterocycles. The zero-order valence-corrected chi connectivity index (χ0v) is 20.1. The SMILES string of the molecule is BC(B)(B)/C(=C1/SC(N2CCC3(CC2)OCc2ccccc23)=NC1=O)c1ccc(Cl)nc1. The molecule has 3 aliphatic heterocycles. The summed E-state index contributed by atoms with van der Waals surface area (Å²) >= 11 is 7.47. The summed E-state index contributed by atoms with van der Waals surface area (Å²) in [6.07, 6.45) is 3.52. The van der Waals surface area contributed by atoms with E-state index in [1.165, 1.54) is 22.9 Å². The number of nitrogens with zero attached hydrogens (tertiary/aromatic N) is 3. The number of thioether (sulfide) groups is 1. The first-order chi connectivity index (χ1) is 15.3. The first-order valence-corrected chi connectivity index (χ1v) is 12.1. The zero-order chi connectivity index (χ0) is 22.5. The lowest BCUT2D eigenvalue weighted by molar-refractivity contribution is -0.113. The van der Waals surface area contributed by atoms with Gasteiger partial charge in [-0.25, -0.2) is 4.98 Å². The molecule has 3 aliphatic rings. The summed E-state index contributed by atoms with van der Waals surface area (Å²) in [6.45, 7) is 2.31. The molecule has 0 bridgehead atoms. The number of piperidine rings is 1. The van der Waals surface area contributed by atoms with Crippen molar-refractivity contribution in [3.05, 3.63) is 69.3 Å². The van der Waals surface area contributed by atoms with Crippen molar-refractivity contribution in [1.29, 1.82) is 0 Å². The predicted molar refractivity (Wildman–Crippen MR) is 138 cm³/mol. The second-order valence-electron chi connectivity index (χ2n) is 9.55. The van der Waals surface area contributed by atoms with E-state index in [1.54, 1.807) is 12.3 Å². The van der Waals surface area contributed by atoms with Gasteiger partial charge in [0.15, 0.2) is 5.17 Å². The number of carbonyl (C=O) groups is 1. The number of allylic oxidation sites excluding steroid dienone is 1. The van der Waals surface area contributed by atoms with Gasteiger partial charge in [-0.3, -0.25) is 4.79 Å². The van der Waals surface area contributed by atoms with Gasteiger partial charge in [0.1, 0.15) is 5.15 Å². The van der Waals surface area contributed by atoms with Crippen LogP contribution in [-0.4, -0.2) is 57.6 Å². The third kappa shape index (κ3) is 3.84. The van der Waals surface area contributed by atoms with Gasteiger partial charge >= 0.3 is 0 Å². The Morgan fingerprint density at radius 1 is 1.16 bits per heavy atom. The number of hydrogen-bond acceptors (Lipinski definition) is 5. The molecule has 1 fully saturated rings. The molecule has 0 aliphatic carbocycles. The quantitative estimate of drug-likeness (QED) is 0.386. The molecule has 5 rings (SSSR count). The van der Waals surface area contributed by atoms with Crippen LogP contribution in [-0.2, 0) is 21.7 Å². The van der Waals surface area contributed by atoms with E-state index in [1.807, 2.05) is 6.07 Å². The first-order valence-electron chi connectivity index (χ1n) is 10.9. The van der Waals surface area contributed by atoms with E-state index in [0.29, 0.717) is 16.7 Å². The third-order valence-corrected chi connectivity index (χ3v) is 7.77. The van der Waals surface area contributed by atoms with Gasteiger partial charge in [-0.05, 0) is 52.9 Å². The van der Waals surface area contributed by atoms with E-state index < -0.39 is 0 Å². The summed E-state index contributed by atoms with van der Waals surface area (Å²) in [5.74, 6) is -0.173. The van der Waals surface area contributed by atoms with Gasteiger partial charge in [0.2, 0.25) is 0 Å². The summed E-state index contributed by atoms with van der Waals surface area (Å²) < 4.78 is 6.29. The lowest BCUT2D eigenvalue weighted by atomic mass is 9.39. The lowest BCUT2D eigenvalue weighted by Crippen LogP contribution is -2.44. The molecule has 1 amide bonds. The second-order valence-corrected chi connectivity index (χ2v) is 10.9. The highest BCUT2D eigenvalue weighted by Gasteiger charge is 2.44. The molecular formula is C22H23B3ClN3O2S. The van der Waals surface area contributed by atoms with Crippen LogP contribution in [0.15, 0.2) is 52.5 Å². The van der Waals surface area contributed by atoms with Crippen LogP contribution >= 0.6 is 23.4 Å². The van der Waals surface area contributed by atoms with Gasteiger partial charge in [0.25, 0.3) is 5.91 Å². The van der Waals surface area contributed by atoms with E-state index in [9.17, 15) is 4.79 Å². The van der Waals surface area contributed by atoms with Gasteiger partial charge in [0.05, 0.1) is 40.7 Å². The molecule has 0 atom stereocenters. The molecule has 1 aromatic carbocycles. The average Bonchev–Trinajstić information content (AvgIpc) is 3.31. The molecule has 1 aromatic heterocycles. The van der Waals surface area contributed by atoms with E-state index in [-0.39, 0.29) is 16.6 Å². The zero-order valence-electron chi connectivity index (χ0n) is 18.5. The van der Waals surface area contributed by atoms with Crippen molar-refractivity contribution in [3.8, 4) is 0 Å². The van der Waals surface area contributed by atoms with Crippen LogP contribution in [0.5, 0.6) is 0 Å². The van der Waals surface area contributed by atoms with Crippen molar-refractivity contribution in [2.24, 2.45) is 4.99 Å². The van der Waals surface area contributed by atoms with E-state index in [2.05, 4.69) is 62.7 Å². The van der Waals surface area contributed by atoms with Crippen molar-refractivity contribution in [2.75, 3.05) is 13.1 Å². The Balaban J connectivity index is 1.38. The molecule has 0 N–H and O–H groups in total. The predicted octanol–water partition coefficient (Wildman–Crippen LogP) is 1.57. The number of fused-ring (bicyclic) bond motifs is 2. The number of aliphatic imine (C=N–C) groups is 1. The fraction of sp³-hybridized carbons (Fsp3) is 0.318. The lowest BCUT2D eigenvalue weighted by Gasteiger charge is -2.39. The highest BCUT2D eigenvalue weighted by Crippen LogP contribution is 2.46. The minimum atomic E-state index is -0.244. The average molecular weight is 461 g/mol. The molecule has 2 aromatic rings. The van der Waals surface area contributed by atoms with Crippen LogP contribution in [0.3, 0.4) is 0 Å². The topological polar surface area (TPSA) is 54.8 Å². The van der Waals surface area contributed by atoms with Gasteiger partial charge in [0, 0.05) is 19.3 Å². The Kier molecular flexibility index (Phi) is 5.55. The second kappa shape index (κ2) is 8.12. The van der Waals surface area contributed by atoms with E-state index in [0.717, 1.165) is 42.2 Å². The van der Waals surface area contributed by atoms with Crippen molar-refractivity contribution >= 4 is 63.5 Å². The van der Waals surface area contributed by atoms with Gasteiger partial charge < -0.3 is 9.64 Å². The Morgan fingerprint density at radius 3 is 2.59 bits per heavy atom. The number of likely N-dealkylation sites (tertiary alicyclic amines) is 1. The van der Waals surface area contributed by atoms with Gasteiger partial charge in [-0.15, -0.1) is 0 Å². The Labute approximate surface area is 200 Å². The Morgan fingerprint density at radius 2 is 1.91 bits per heavy atom. The highest BCUT2D eigenvalue weighted by molar-refractivity contribution is 8.18. The van der Waals surface area contributed by atoms with Crippen molar-refractivity contribution in [2.45, 2.75) is 30.2 Å². The molecule has 4 heterocycles. The molecule has 10 heteroatoms. The van der Waals surface area contributed by atoms with Crippen LogP contribution in [0.25, 0.3) is 5.57 Å². The van der Waals surface area contributed by atoms with Crippen LogP contribution in [0, 0.1) is 0 Å². The number of pyridine rings is 1. The summed E-state index contributed by atoms with van der Waals surface area (Å²) in [6, 6.07) is 12.2. The first kappa shape index (κ1) is 21.9. The monoisotopic (exact) mass is 461 g/mol. The van der Waals surface area contributed by atoms with E-state index >= 15 is 0 Å². The third-order valence-electron chi connectivity index (χ3n) is 6.43. The summed E-state index contributed by atoms with van der Waals surface area (Å²) in [7, 11) is 6.32. The number of amides is 1. The van der Waals surface area contributed by atoms with Gasteiger partial charge in [-0.1, -0.05) is 47.0 Å². The number of rotatable bonds is 2. The molecule has 5 nitrogen and oxygen atoms in total. The van der Waals surface area contributed by atoms with Gasteiger partial charge in [-0.2, -0.15) is 4.99 Å². The van der Waals surface area contributed by atoms with Crippen LogP contribution in [0.2, 0.25) is 10.3 Å². The molecule has 160 valence electrons. The summed E-state index contributed by atoms with van der Waals surface area (Å²) in [5, 5.41) is 0.980. The number of amidine groups is 1. The Bertz CT molecular complexity index is 1140. The maximum atomic E-state index is 13.0. The van der Waals surface area contributed by atoms with Crippen molar-refractivity contribution < 1.29 is 9.53 Å². The molecule has 1 spiro atoms. The van der Waals surface area contributed by atoms with E-state index in [4.69, 9.17) is 16.3 Å². The van der Waals surface area contributed by atoms with Crippen LogP contribution in [0.4, 0.5) is 0 Å².